The molecule has 0 spiro atoms. The fourth-order valence-corrected chi connectivity index (χ4v) is 7.50. The first-order valence-corrected chi connectivity index (χ1v) is 44.0. The highest BCUT2D eigenvalue weighted by atomic mass is 16.6. The van der Waals surface area contributed by atoms with Gasteiger partial charge < -0.3 is 114 Å². The Balaban J connectivity index is -0.000000127. The van der Waals surface area contributed by atoms with Crippen LogP contribution in [0.25, 0.3) is 0 Å². The van der Waals surface area contributed by atoms with Gasteiger partial charge in [-0.15, -0.1) is 0 Å². The Labute approximate surface area is 815 Å². The molecule has 0 bridgehead atoms. The van der Waals surface area contributed by atoms with Crippen molar-refractivity contribution in [3.63, 3.8) is 0 Å². The quantitative estimate of drug-likeness (QED) is 0.0312. The van der Waals surface area contributed by atoms with Crippen molar-refractivity contribution in [2.24, 2.45) is 0 Å². The Morgan fingerprint density at radius 2 is 0.223 bits per heavy atom. The van der Waals surface area contributed by atoms with E-state index in [0.29, 0.717) is 143 Å². The summed E-state index contributed by atoms with van der Waals surface area (Å²) in [4.78, 5) is 249. The van der Waals surface area contributed by atoms with E-state index < -0.39 is 11.9 Å². The second-order valence-corrected chi connectivity index (χ2v) is 26.7. The summed E-state index contributed by atoms with van der Waals surface area (Å²) in [6.07, 6.45) is 17.2. The van der Waals surface area contributed by atoms with Crippen molar-refractivity contribution in [3.8, 4) is 0 Å². The lowest BCUT2D eigenvalue weighted by Crippen LogP contribution is -2.09. The second-order valence-electron chi connectivity index (χ2n) is 26.7. The van der Waals surface area contributed by atoms with Gasteiger partial charge in [0.1, 0.15) is 19.8 Å². The van der Waals surface area contributed by atoms with Crippen LogP contribution in [-0.2, 0) is 229 Å². The van der Waals surface area contributed by atoms with Crippen LogP contribution < -0.4 is 0 Å². The number of unbranched alkanes of at least 4 members (excludes halogenated alkanes) is 10. The number of carbonyl (C=O) groups is 24. The van der Waals surface area contributed by atoms with Crippen LogP contribution in [0.15, 0.2) is 0 Å². The number of hydrogen-bond donors (Lipinski definition) is 0. The summed E-state index contributed by atoms with van der Waals surface area (Å²) in [5, 5.41) is 0. The first kappa shape index (κ1) is 152. The Morgan fingerprint density at radius 1 is 0.108 bits per heavy atom. The lowest BCUT2D eigenvalue weighted by Gasteiger charge is -2.02. The predicted molar refractivity (Wildman–Crippen MR) is 487 cm³/mol. The minimum Gasteiger partial charge on any atom is -0.469 e. The van der Waals surface area contributed by atoms with Gasteiger partial charge >= 0.3 is 143 Å². The molecule has 0 fully saturated rings. The molecule has 139 heavy (non-hydrogen) atoms. The third-order valence-corrected chi connectivity index (χ3v) is 14.2. The van der Waals surface area contributed by atoms with Crippen molar-refractivity contribution in [3.05, 3.63) is 0 Å². The Kier molecular flexibility index (Phi) is 132. The van der Waals surface area contributed by atoms with Gasteiger partial charge in [-0.3, -0.25) is 115 Å². The van der Waals surface area contributed by atoms with Crippen molar-refractivity contribution in [1.29, 1.82) is 0 Å². The molecule has 0 N–H and O–H groups in total. The third-order valence-electron chi connectivity index (χ3n) is 14.2. The zero-order chi connectivity index (χ0) is 109. The van der Waals surface area contributed by atoms with Crippen molar-refractivity contribution >= 4 is 143 Å². The molecular formula is C91H158O48. The highest BCUT2D eigenvalue weighted by Crippen LogP contribution is 2.06. The molecule has 0 saturated heterocycles. The van der Waals surface area contributed by atoms with Gasteiger partial charge in [0, 0.05) is 148 Å². The van der Waals surface area contributed by atoms with Crippen molar-refractivity contribution < 1.29 is 229 Å². The Hall–Kier alpha value is -12.7. The standard InChI is InChI=1S/C10H18O4.2C9H16O4.3C8H14O4.3C7H12O4.3C6H10O4/c1-9(11)13-7-5-3-4-6-8-14-10(2)12;1-8(10)13-7-5-3-4-6-9(11)12-2;1-8(10)12-6-4-3-5-7-13-9(2)11;1-11-7(9)5-3-4-6-8(10)12-2;1-7(9)12-6-4-3-5-8(10)11-2;1-7(9)11-5-3-4-6-12-8(2)10;1-10-6(8)4-3-5-7(9)11-2;1-6(8)11-5-3-4-7(9)10-2;1-6(8)10-4-3-5-11-7(2)9;1-9-5(7)3-4-6(8)10-2;1-5(7)10-4-3-6(8)9-2;1-5(7)9-3-4-10-6(2)8/h3-8H2,1-2H3;2*3-7H2,1-2H3;3*3-6H2,1-2H3;3*3-5H2,1-2H3;3*3-4H2,1-2H3. The summed E-state index contributed by atoms with van der Waals surface area (Å²) in [6, 6.07) is 0. The van der Waals surface area contributed by atoms with E-state index in [4.69, 9.17) is 23.7 Å². The fourth-order valence-electron chi connectivity index (χ4n) is 7.50. The maximum absolute atomic E-state index is 10.6. The second kappa shape index (κ2) is 121. The number of rotatable bonds is 55. The molecule has 0 aliphatic carbocycles. The molecule has 0 aromatic heterocycles. The molecule has 0 aromatic carbocycles. The molecule has 0 rings (SSSR count). The van der Waals surface area contributed by atoms with E-state index in [1.807, 2.05) is 0 Å². The first-order valence-electron chi connectivity index (χ1n) is 44.0. The van der Waals surface area contributed by atoms with Gasteiger partial charge in [-0.1, -0.05) is 0 Å². The summed E-state index contributed by atoms with van der Waals surface area (Å²) in [7, 11) is 13.2. The molecule has 48 nitrogen and oxygen atoms in total. The largest absolute Gasteiger partial charge is 0.469 e. The molecule has 0 aromatic rings. The van der Waals surface area contributed by atoms with Gasteiger partial charge in [0.15, 0.2) is 0 Å². The predicted octanol–water partition coefficient (Wildman–Crippen LogP) is 8.76. The monoisotopic (exact) mass is 2020 g/mol. The highest BCUT2D eigenvalue weighted by Gasteiger charge is 2.10. The van der Waals surface area contributed by atoms with Gasteiger partial charge in [-0.2, -0.15) is 0 Å². The molecule has 0 aliphatic heterocycles. The van der Waals surface area contributed by atoms with E-state index in [0.717, 1.165) is 77.0 Å². The van der Waals surface area contributed by atoms with Crippen molar-refractivity contribution in [2.75, 3.05) is 164 Å². The number of carbonyl (C=O) groups excluding carboxylic acids is 24. The summed E-state index contributed by atoms with van der Waals surface area (Å²) < 4.78 is 109. The van der Waals surface area contributed by atoms with E-state index in [-0.39, 0.29) is 190 Å². The highest BCUT2D eigenvalue weighted by molar-refractivity contribution is 5.78. The van der Waals surface area contributed by atoms with Gasteiger partial charge in [0.2, 0.25) is 0 Å². The number of hydrogen-bond acceptors (Lipinski definition) is 48. The van der Waals surface area contributed by atoms with Crippen LogP contribution in [0.1, 0.15) is 283 Å². The number of ether oxygens (including phenoxy) is 24. The minimum absolute atomic E-state index is 0.0865. The van der Waals surface area contributed by atoms with E-state index in [1.54, 1.807) is 0 Å². The molecule has 0 heterocycles. The van der Waals surface area contributed by atoms with E-state index in [9.17, 15) is 115 Å². The van der Waals surface area contributed by atoms with Crippen LogP contribution in [0.3, 0.4) is 0 Å². The molecule has 0 amide bonds. The minimum atomic E-state index is -0.398. The fraction of sp³-hybridized carbons (Fsp3) is 0.736. The van der Waals surface area contributed by atoms with E-state index in [2.05, 4.69) is 90.0 Å². The molecule has 0 unspecified atom stereocenters. The zero-order valence-corrected chi connectivity index (χ0v) is 86.0. The maximum Gasteiger partial charge on any atom is 0.308 e. The number of methoxy groups -OCH3 is 10. The molecule has 48 heteroatoms. The van der Waals surface area contributed by atoms with Crippen LogP contribution >= 0.6 is 0 Å². The zero-order valence-electron chi connectivity index (χ0n) is 86.0. The van der Waals surface area contributed by atoms with Crippen LogP contribution in [-0.4, -0.2) is 307 Å². The normalized spacial score (nSPS) is 9.06. The molecule has 810 valence electrons. The lowest BCUT2D eigenvalue weighted by atomic mass is 10.2. The first-order chi connectivity index (χ1) is 65.4. The molecule has 0 aliphatic rings. The maximum atomic E-state index is 10.6. The van der Waals surface area contributed by atoms with Gasteiger partial charge in [0.05, 0.1) is 163 Å². The van der Waals surface area contributed by atoms with E-state index >= 15 is 0 Å². The van der Waals surface area contributed by atoms with Crippen LogP contribution in [0.2, 0.25) is 0 Å². The Morgan fingerprint density at radius 3 is 0.424 bits per heavy atom. The smallest absolute Gasteiger partial charge is 0.308 e. The summed E-state index contributed by atoms with van der Waals surface area (Å²) >= 11 is 0. The number of esters is 24. The molecular weight excluding hydrogens is 1860 g/mol. The molecule has 0 saturated carbocycles. The van der Waals surface area contributed by atoms with Crippen molar-refractivity contribution in [2.45, 2.75) is 283 Å². The lowest BCUT2D eigenvalue weighted by molar-refractivity contribution is -0.149. The average molecular weight is 2020 g/mol. The summed E-state index contributed by atoms with van der Waals surface area (Å²) in [5.74, 6) is -7.05. The Bertz CT molecular complexity index is 3150. The average Bonchev–Trinajstić information content (AvgIpc) is 1.04. The SMILES string of the molecule is CC(=O)OCCCCCCOC(C)=O.CC(=O)OCCCCCOC(C)=O.CC(=O)OCCCCOC(C)=O.CC(=O)OCCCOC(C)=O.CC(=O)OCCOC(C)=O.COC(=O)CCC(=O)OC.COC(=O)CCCC(=O)OC.COC(=O)CCCCC(=O)OC.COC(=O)CCCCCOC(C)=O.COC(=O)CCCCOC(C)=O.COC(=O)CCCOC(C)=O.COC(=O)CCOC(C)=O. The van der Waals surface area contributed by atoms with Gasteiger partial charge in [0.25, 0.3) is 0 Å². The molecule has 0 atom stereocenters. The summed E-state index contributed by atoms with van der Waals surface area (Å²) in [5.41, 5.74) is 0. The third kappa shape index (κ3) is 189. The summed E-state index contributed by atoms with van der Waals surface area (Å²) in [6.45, 7) is 23.7. The topological polar surface area (TPSA) is 631 Å². The van der Waals surface area contributed by atoms with Crippen LogP contribution in [0, 0.1) is 0 Å². The van der Waals surface area contributed by atoms with Gasteiger partial charge in [-0.25, -0.2) is 0 Å². The molecule has 0 radical (unpaired) electrons. The van der Waals surface area contributed by atoms with Crippen LogP contribution in [0.5, 0.6) is 0 Å². The van der Waals surface area contributed by atoms with E-state index in [1.165, 1.54) is 168 Å². The van der Waals surface area contributed by atoms with Crippen LogP contribution in [0.4, 0.5) is 0 Å². The van der Waals surface area contributed by atoms with Gasteiger partial charge in [-0.05, 0) is 116 Å². The van der Waals surface area contributed by atoms with Crippen molar-refractivity contribution in [1.82, 2.24) is 0 Å².